The summed E-state index contributed by atoms with van der Waals surface area (Å²) >= 11 is 6.06. The van der Waals surface area contributed by atoms with Gasteiger partial charge in [-0.25, -0.2) is 0 Å². The number of fused-ring (bicyclic) bond motifs is 1. The minimum Gasteiger partial charge on any atom is -0.379 e. The molecule has 1 aromatic rings. The van der Waals surface area contributed by atoms with Crippen LogP contribution in [0.2, 0.25) is 5.02 Å². The molecule has 3 aliphatic rings. The van der Waals surface area contributed by atoms with Crippen LogP contribution in [0.25, 0.3) is 0 Å². The molecule has 0 aliphatic carbocycles. The third-order valence-electron chi connectivity index (χ3n) is 5.67. The van der Waals surface area contributed by atoms with Crippen molar-refractivity contribution in [3.63, 3.8) is 0 Å². The molecule has 136 valence electrons. The number of anilines is 1. The van der Waals surface area contributed by atoms with E-state index >= 15 is 0 Å². The first-order valence-corrected chi connectivity index (χ1v) is 9.71. The molecule has 1 amide bonds. The zero-order valence-corrected chi connectivity index (χ0v) is 15.3. The zero-order valence-electron chi connectivity index (χ0n) is 14.5. The standard InChI is InChI=1S/C19H26ClN3O2/c20-16-1-2-17-15(11-16)12-18(21-17)19(24)23-5-3-14(4-6-23)13-22-7-9-25-10-8-22/h1-2,11,14,18,21H,3-10,12-13H2. The van der Waals surface area contributed by atoms with Crippen molar-refractivity contribution in [3.8, 4) is 0 Å². The van der Waals surface area contributed by atoms with Gasteiger partial charge < -0.3 is 15.0 Å². The molecular formula is C19H26ClN3O2. The second-order valence-corrected chi connectivity index (χ2v) is 7.82. The number of ether oxygens (including phenoxy) is 1. The fourth-order valence-corrected chi connectivity index (χ4v) is 4.38. The maximum absolute atomic E-state index is 12.9. The van der Waals surface area contributed by atoms with Gasteiger partial charge in [0.15, 0.2) is 0 Å². The first kappa shape index (κ1) is 17.1. The molecular weight excluding hydrogens is 338 g/mol. The summed E-state index contributed by atoms with van der Waals surface area (Å²) < 4.78 is 5.42. The molecule has 1 unspecified atom stereocenters. The molecule has 0 spiro atoms. The summed E-state index contributed by atoms with van der Waals surface area (Å²) in [6, 6.07) is 5.67. The number of halogens is 1. The van der Waals surface area contributed by atoms with Gasteiger partial charge in [-0.1, -0.05) is 11.6 Å². The third-order valence-corrected chi connectivity index (χ3v) is 5.90. The van der Waals surface area contributed by atoms with Gasteiger partial charge in [-0.3, -0.25) is 9.69 Å². The van der Waals surface area contributed by atoms with E-state index in [1.54, 1.807) is 0 Å². The lowest BCUT2D eigenvalue weighted by molar-refractivity contribution is -0.133. The number of benzene rings is 1. The molecule has 2 fully saturated rings. The summed E-state index contributed by atoms with van der Waals surface area (Å²) in [6.45, 7) is 6.71. The van der Waals surface area contributed by atoms with Crippen LogP contribution >= 0.6 is 11.6 Å². The summed E-state index contributed by atoms with van der Waals surface area (Å²) in [4.78, 5) is 17.4. The highest BCUT2D eigenvalue weighted by Crippen LogP contribution is 2.30. The van der Waals surface area contributed by atoms with E-state index in [4.69, 9.17) is 16.3 Å². The molecule has 0 radical (unpaired) electrons. The van der Waals surface area contributed by atoms with Gasteiger partial charge in [0, 0.05) is 49.9 Å². The van der Waals surface area contributed by atoms with Gasteiger partial charge in [-0.05, 0) is 42.5 Å². The van der Waals surface area contributed by atoms with Crippen LogP contribution in [-0.4, -0.2) is 67.7 Å². The Kier molecular flexibility index (Phi) is 5.15. The summed E-state index contributed by atoms with van der Waals surface area (Å²) in [5.41, 5.74) is 2.19. The molecule has 3 heterocycles. The Hall–Kier alpha value is -1.30. The van der Waals surface area contributed by atoms with Crippen molar-refractivity contribution in [2.24, 2.45) is 5.92 Å². The molecule has 3 aliphatic heterocycles. The molecule has 0 bridgehead atoms. The number of carbonyl (C=O) groups is 1. The number of nitrogens with one attached hydrogen (secondary N) is 1. The average molecular weight is 364 g/mol. The Balaban J connectivity index is 1.27. The summed E-state index contributed by atoms with van der Waals surface area (Å²) in [5, 5.41) is 4.10. The number of piperidine rings is 1. The van der Waals surface area contributed by atoms with Crippen LogP contribution in [-0.2, 0) is 16.0 Å². The lowest BCUT2D eigenvalue weighted by atomic mass is 9.95. The van der Waals surface area contributed by atoms with Crippen molar-refractivity contribution >= 4 is 23.2 Å². The van der Waals surface area contributed by atoms with E-state index in [1.807, 2.05) is 23.1 Å². The highest BCUT2D eigenvalue weighted by molar-refractivity contribution is 6.30. The van der Waals surface area contributed by atoms with Crippen molar-refractivity contribution in [2.45, 2.75) is 25.3 Å². The topological polar surface area (TPSA) is 44.8 Å². The van der Waals surface area contributed by atoms with Gasteiger partial charge >= 0.3 is 0 Å². The molecule has 5 nitrogen and oxygen atoms in total. The van der Waals surface area contributed by atoms with Crippen LogP contribution in [0.15, 0.2) is 18.2 Å². The smallest absolute Gasteiger partial charge is 0.245 e. The van der Waals surface area contributed by atoms with Gasteiger partial charge in [-0.15, -0.1) is 0 Å². The zero-order chi connectivity index (χ0) is 17.2. The maximum Gasteiger partial charge on any atom is 0.245 e. The summed E-state index contributed by atoms with van der Waals surface area (Å²) in [6.07, 6.45) is 2.95. The Morgan fingerprint density at radius 2 is 1.96 bits per heavy atom. The molecule has 0 saturated carbocycles. The lowest BCUT2D eigenvalue weighted by Crippen LogP contribution is -2.48. The number of carbonyl (C=O) groups excluding carboxylic acids is 1. The van der Waals surface area contributed by atoms with E-state index in [2.05, 4.69) is 10.2 Å². The number of hydrogen-bond donors (Lipinski definition) is 1. The SMILES string of the molecule is O=C(C1Cc2cc(Cl)ccc2N1)N1CCC(CN2CCOCC2)CC1. The van der Waals surface area contributed by atoms with E-state index < -0.39 is 0 Å². The largest absolute Gasteiger partial charge is 0.379 e. The number of amides is 1. The van der Waals surface area contributed by atoms with Crippen molar-refractivity contribution in [3.05, 3.63) is 28.8 Å². The van der Waals surface area contributed by atoms with E-state index in [9.17, 15) is 4.79 Å². The third kappa shape index (κ3) is 3.94. The van der Waals surface area contributed by atoms with Gasteiger partial charge in [0.2, 0.25) is 5.91 Å². The van der Waals surface area contributed by atoms with Gasteiger partial charge in [0.05, 0.1) is 13.2 Å². The summed E-state index contributed by atoms with van der Waals surface area (Å²) in [5.74, 6) is 0.937. The Morgan fingerprint density at radius 1 is 1.20 bits per heavy atom. The molecule has 1 N–H and O–H groups in total. The van der Waals surface area contributed by atoms with Crippen LogP contribution < -0.4 is 5.32 Å². The Labute approximate surface area is 154 Å². The molecule has 1 aromatic carbocycles. The molecule has 0 aromatic heterocycles. The van der Waals surface area contributed by atoms with Gasteiger partial charge in [-0.2, -0.15) is 0 Å². The second-order valence-electron chi connectivity index (χ2n) is 7.38. The van der Waals surface area contributed by atoms with Crippen LogP contribution in [0.1, 0.15) is 18.4 Å². The number of morpholine rings is 1. The number of likely N-dealkylation sites (tertiary alicyclic amines) is 1. The van der Waals surface area contributed by atoms with Gasteiger partial charge in [0.1, 0.15) is 6.04 Å². The van der Waals surface area contributed by atoms with E-state index in [-0.39, 0.29) is 11.9 Å². The van der Waals surface area contributed by atoms with Crippen molar-refractivity contribution in [1.82, 2.24) is 9.80 Å². The van der Waals surface area contributed by atoms with Gasteiger partial charge in [0.25, 0.3) is 0 Å². The normalized spacial score (nSPS) is 24.8. The van der Waals surface area contributed by atoms with Crippen molar-refractivity contribution in [1.29, 1.82) is 0 Å². The van der Waals surface area contributed by atoms with Crippen LogP contribution in [0, 0.1) is 5.92 Å². The summed E-state index contributed by atoms with van der Waals surface area (Å²) in [7, 11) is 0. The lowest BCUT2D eigenvalue weighted by Gasteiger charge is -2.36. The number of nitrogens with zero attached hydrogens (tertiary/aromatic N) is 2. The Bertz CT molecular complexity index is 625. The monoisotopic (exact) mass is 363 g/mol. The molecule has 6 heteroatoms. The van der Waals surface area contributed by atoms with Crippen LogP contribution in [0.5, 0.6) is 0 Å². The van der Waals surface area contributed by atoms with Crippen LogP contribution in [0.4, 0.5) is 5.69 Å². The predicted molar refractivity (Wildman–Crippen MR) is 99.1 cm³/mol. The minimum atomic E-state index is -0.135. The fourth-order valence-electron chi connectivity index (χ4n) is 4.18. The van der Waals surface area contributed by atoms with Crippen molar-refractivity contribution < 1.29 is 9.53 Å². The van der Waals surface area contributed by atoms with Crippen LogP contribution in [0.3, 0.4) is 0 Å². The van der Waals surface area contributed by atoms with Crippen molar-refractivity contribution in [2.75, 3.05) is 51.3 Å². The average Bonchev–Trinajstić information content (AvgIpc) is 3.06. The minimum absolute atomic E-state index is 0.135. The van der Waals surface area contributed by atoms with E-state index in [0.717, 1.165) is 81.5 Å². The first-order chi connectivity index (χ1) is 12.2. The van der Waals surface area contributed by atoms with E-state index in [1.165, 1.54) is 0 Å². The predicted octanol–water partition coefficient (Wildman–Crippen LogP) is 2.25. The number of hydrogen-bond acceptors (Lipinski definition) is 4. The highest BCUT2D eigenvalue weighted by atomic mass is 35.5. The van der Waals surface area contributed by atoms with E-state index in [0.29, 0.717) is 5.92 Å². The molecule has 25 heavy (non-hydrogen) atoms. The molecule has 2 saturated heterocycles. The second kappa shape index (κ2) is 7.52. The number of rotatable bonds is 3. The fraction of sp³-hybridized carbons (Fsp3) is 0.632. The quantitative estimate of drug-likeness (QED) is 0.894. The highest BCUT2D eigenvalue weighted by Gasteiger charge is 2.32. The Morgan fingerprint density at radius 3 is 2.72 bits per heavy atom. The first-order valence-electron chi connectivity index (χ1n) is 9.33. The molecule has 4 rings (SSSR count). The molecule has 1 atom stereocenters. The maximum atomic E-state index is 12.9.